The number of aromatic nitrogens is 2. The van der Waals surface area contributed by atoms with Crippen molar-refractivity contribution in [3.63, 3.8) is 0 Å². The lowest BCUT2D eigenvalue weighted by Gasteiger charge is -2.29. The first-order valence-electron chi connectivity index (χ1n) is 11.1. The molecule has 1 amide bonds. The smallest absolute Gasteiger partial charge is 0.263 e. The van der Waals surface area contributed by atoms with E-state index in [1.165, 1.54) is 22.5 Å². The van der Waals surface area contributed by atoms with Crippen molar-refractivity contribution in [2.24, 2.45) is 0 Å². The molecule has 0 saturated carbocycles. The predicted octanol–water partition coefficient (Wildman–Crippen LogP) is 1.64. The third kappa shape index (κ3) is 4.15. The Balaban J connectivity index is 1.28. The van der Waals surface area contributed by atoms with E-state index in [1.807, 2.05) is 6.92 Å². The number of aryl methyl sites for hydroxylation is 2. The van der Waals surface area contributed by atoms with Crippen LogP contribution < -0.4 is 21.3 Å². The van der Waals surface area contributed by atoms with Crippen molar-refractivity contribution < 1.29 is 9.90 Å². The van der Waals surface area contributed by atoms with E-state index in [4.69, 9.17) is 5.73 Å². The van der Waals surface area contributed by atoms with Gasteiger partial charge in [-0.1, -0.05) is 6.07 Å². The highest BCUT2D eigenvalue weighted by molar-refractivity contribution is 7.21. The molecule has 1 aliphatic heterocycles. The van der Waals surface area contributed by atoms with Crippen molar-refractivity contribution in [1.29, 1.82) is 0 Å². The first kappa shape index (κ1) is 21.1. The molecule has 1 saturated heterocycles. The number of nitrogens with two attached hydrogens (primary N) is 1. The van der Waals surface area contributed by atoms with Gasteiger partial charge in [0.15, 0.2) is 0 Å². The van der Waals surface area contributed by atoms with Gasteiger partial charge in [0.1, 0.15) is 15.2 Å². The number of amides is 1. The maximum Gasteiger partial charge on any atom is 0.263 e. The van der Waals surface area contributed by atoms with Crippen LogP contribution in [-0.2, 0) is 12.8 Å². The van der Waals surface area contributed by atoms with E-state index in [-0.39, 0.29) is 18.1 Å². The molecule has 3 aromatic rings. The van der Waals surface area contributed by atoms with Crippen molar-refractivity contribution in [2.45, 2.75) is 38.3 Å². The molecule has 0 bridgehead atoms. The van der Waals surface area contributed by atoms with E-state index in [1.54, 1.807) is 6.20 Å². The molecule has 3 heterocycles. The second kappa shape index (κ2) is 8.65. The molecule has 0 radical (unpaired) electrons. The SMILES string of the molecule is Cc1cnc2c(N)c(C(=O)N[C@H]3CCc4cc(N5CCNC[C@@H](O)C5)ccc4C3)sc2n1. The monoisotopic (exact) mass is 452 g/mol. The number of carbonyl (C=O) groups excluding carboxylic acids is 1. The van der Waals surface area contributed by atoms with E-state index in [2.05, 4.69) is 43.7 Å². The Morgan fingerprint density at radius 3 is 3.12 bits per heavy atom. The molecule has 9 heteroatoms. The standard InChI is InChI=1S/C23H28N6O2S/c1-13-10-26-20-19(24)21(32-23(20)27-13)22(31)28-16-4-2-15-9-17(5-3-14(15)8-16)29-7-6-25-11-18(30)12-29/h3,5,9-10,16,18,25,30H,2,4,6-8,11-12,24H2,1H3,(H,28,31)/t16-,18+/m0/s1. The third-order valence-electron chi connectivity index (χ3n) is 6.25. The van der Waals surface area contributed by atoms with Gasteiger partial charge in [0, 0.05) is 44.1 Å². The van der Waals surface area contributed by atoms with E-state index in [0.29, 0.717) is 34.0 Å². The number of β-amino-alcohol motifs (C(OH)–C–C–N with tert-alkyl or cyclic N) is 1. The molecule has 5 N–H and O–H groups in total. The number of hydrogen-bond acceptors (Lipinski definition) is 8. The number of aliphatic hydroxyl groups is 1. The quantitative estimate of drug-likeness (QED) is 0.477. The van der Waals surface area contributed by atoms with Crippen LogP contribution in [0.4, 0.5) is 11.4 Å². The highest BCUT2D eigenvalue weighted by atomic mass is 32.1. The van der Waals surface area contributed by atoms with Crippen LogP contribution in [0, 0.1) is 6.92 Å². The average molecular weight is 453 g/mol. The summed E-state index contributed by atoms with van der Waals surface area (Å²) in [6.45, 7) is 4.91. The average Bonchev–Trinajstić information content (AvgIpc) is 2.95. The van der Waals surface area contributed by atoms with Crippen molar-refractivity contribution in [1.82, 2.24) is 20.6 Å². The first-order valence-corrected chi connectivity index (χ1v) is 11.9. The van der Waals surface area contributed by atoms with Gasteiger partial charge in [-0.15, -0.1) is 11.3 Å². The molecule has 1 aliphatic carbocycles. The van der Waals surface area contributed by atoms with Crippen LogP contribution in [-0.4, -0.2) is 59.3 Å². The van der Waals surface area contributed by atoms with Crippen molar-refractivity contribution in [2.75, 3.05) is 36.8 Å². The van der Waals surface area contributed by atoms with Crippen molar-refractivity contribution in [3.05, 3.63) is 46.1 Å². The Morgan fingerprint density at radius 2 is 2.25 bits per heavy atom. The lowest BCUT2D eigenvalue weighted by atomic mass is 9.87. The number of rotatable bonds is 3. The van der Waals surface area contributed by atoms with E-state index in [9.17, 15) is 9.90 Å². The Kier molecular flexibility index (Phi) is 5.71. The number of nitrogen functional groups attached to an aromatic ring is 1. The topological polar surface area (TPSA) is 116 Å². The van der Waals surface area contributed by atoms with E-state index in [0.717, 1.165) is 43.7 Å². The van der Waals surface area contributed by atoms with Crippen molar-refractivity contribution in [3.8, 4) is 0 Å². The molecular formula is C23H28N6O2S. The number of thiophene rings is 1. The Labute approximate surface area is 190 Å². The molecule has 0 spiro atoms. The van der Waals surface area contributed by atoms with Gasteiger partial charge in [-0.25, -0.2) is 9.97 Å². The van der Waals surface area contributed by atoms with E-state index < -0.39 is 0 Å². The number of benzene rings is 1. The summed E-state index contributed by atoms with van der Waals surface area (Å²) in [5.74, 6) is -0.152. The minimum absolute atomic E-state index is 0.0670. The van der Waals surface area contributed by atoms with Crippen LogP contribution in [0.25, 0.3) is 10.3 Å². The van der Waals surface area contributed by atoms with Gasteiger partial charge in [-0.05, 0) is 49.4 Å². The molecule has 1 aromatic carbocycles. The molecule has 1 fully saturated rings. The second-order valence-corrected chi connectivity index (χ2v) is 9.68. The molecule has 32 heavy (non-hydrogen) atoms. The van der Waals surface area contributed by atoms with Crippen LogP contribution in [0.3, 0.4) is 0 Å². The minimum Gasteiger partial charge on any atom is -0.396 e. The van der Waals surface area contributed by atoms with Crippen LogP contribution >= 0.6 is 11.3 Å². The number of hydrogen-bond donors (Lipinski definition) is 4. The number of anilines is 2. The van der Waals surface area contributed by atoms with Gasteiger partial charge in [0.2, 0.25) is 0 Å². The fourth-order valence-corrected chi connectivity index (χ4v) is 5.58. The lowest BCUT2D eigenvalue weighted by Crippen LogP contribution is -2.39. The Hall–Kier alpha value is -2.75. The van der Waals surface area contributed by atoms with Crippen LogP contribution in [0.1, 0.15) is 32.9 Å². The summed E-state index contributed by atoms with van der Waals surface area (Å²) in [5, 5.41) is 16.5. The summed E-state index contributed by atoms with van der Waals surface area (Å²) in [4.78, 5) is 25.2. The highest BCUT2D eigenvalue weighted by Crippen LogP contribution is 2.32. The van der Waals surface area contributed by atoms with Crippen LogP contribution in [0.5, 0.6) is 0 Å². The zero-order valence-corrected chi connectivity index (χ0v) is 18.9. The molecule has 0 unspecified atom stereocenters. The molecule has 2 atom stereocenters. The molecule has 2 aliphatic rings. The zero-order chi connectivity index (χ0) is 22.2. The molecule has 5 rings (SSSR count). The summed E-state index contributed by atoms with van der Waals surface area (Å²) >= 11 is 1.30. The number of nitrogens with one attached hydrogen (secondary N) is 2. The third-order valence-corrected chi connectivity index (χ3v) is 7.34. The first-order chi connectivity index (χ1) is 15.5. The number of fused-ring (bicyclic) bond motifs is 2. The van der Waals surface area contributed by atoms with Gasteiger partial charge in [-0.3, -0.25) is 4.79 Å². The summed E-state index contributed by atoms with van der Waals surface area (Å²) in [6, 6.07) is 6.61. The zero-order valence-electron chi connectivity index (χ0n) is 18.1. The largest absolute Gasteiger partial charge is 0.396 e. The predicted molar refractivity (Wildman–Crippen MR) is 127 cm³/mol. The normalized spacial score (nSPS) is 21.2. The molecule has 8 nitrogen and oxygen atoms in total. The molecule has 2 aromatic heterocycles. The molecule has 168 valence electrons. The van der Waals surface area contributed by atoms with Crippen molar-refractivity contribution >= 4 is 39.0 Å². The van der Waals surface area contributed by atoms with Crippen LogP contribution in [0.2, 0.25) is 0 Å². The summed E-state index contributed by atoms with van der Waals surface area (Å²) in [7, 11) is 0. The summed E-state index contributed by atoms with van der Waals surface area (Å²) in [5.41, 5.74) is 11.8. The Morgan fingerprint density at radius 1 is 1.38 bits per heavy atom. The number of carbonyl (C=O) groups is 1. The van der Waals surface area contributed by atoms with Crippen LogP contribution in [0.15, 0.2) is 24.4 Å². The summed E-state index contributed by atoms with van der Waals surface area (Å²) in [6.07, 6.45) is 3.90. The summed E-state index contributed by atoms with van der Waals surface area (Å²) < 4.78 is 0. The van der Waals surface area contributed by atoms with Gasteiger partial charge in [0.05, 0.1) is 17.5 Å². The number of aliphatic hydroxyl groups excluding tert-OH is 1. The van der Waals surface area contributed by atoms with E-state index >= 15 is 0 Å². The van der Waals surface area contributed by atoms with Gasteiger partial charge < -0.3 is 26.4 Å². The van der Waals surface area contributed by atoms with Gasteiger partial charge in [0.25, 0.3) is 5.91 Å². The second-order valence-electron chi connectivity index (χ2n) is 8.68. The lowest BCUT2D eigenvalue weighted by molar-refractivity contribution is 0.0938. The maximum atomic E-state index is 13.0. The van der Waals surface area contributed by atoms with Gasteiger partial charge in [-0.2, -0.15) is 0 Å². The molecular weight excluding hydrogens is 424 g/mol. The maximum absolute atomic E-state index is 13.0. The Bertz CT molecular complexity index is 1160. The van der Waals surface area contributed by atoms with Gasteiger partial charge >= 0.3 is 0 Å². The fourth-order valence-electron chi connectivity index (χ4n) is 4.58. The highest BCUT2D eigenvalue weighted by Gasteiger charge is 2.25. The number of nitrogens with zero attached hydrogens (tertiary/aromatic N) is 3. The minimum atomic E-state index is -0.358. The fraction of sp³-hybridized carbons (Fsp3) is 0.435.